The van der Waals surface area contributed by atoms with E-state index in [9.17, 15) is 4.79 Å². The van der Waals surface area contributed by atoms with Gasteiger partial charge in [0.1, 0.15) is 0 Å². The lowest BCUT2D eigenvalue weighted by atomic mass is 10.0. The Morgan fingerprint density at radius 3 is 2.81 bits per heavy atom. The summed E-state index contributed by atoms with van der Waals surface area (Å²) in [5.74, 6) is 0.0513. The molecule has 0 spiro atoms. The molecule has 4 heterocycles. The molecule has 0 radical (unpaired) electrons. The summed E-state index contributed by atoms with van der Waals surface area (Å²) in [7, 11) is 1.92. The molecule has 0 unspecified atom stereocenters. The molecule has 0 bridgehead atoms. The van der Waals surface area contributed by atoms with Gasteiger partial charge in [0.05, 0.1) is 27.7 Å². The van der Waals surface area contributed by atoms with Crippen molar-refractivity contribution in [1.29, 1.82) is 0 Å². The maximum atomic E-state index is 13.4. The molecule has 1 aliphatic heterocycles. The third-order valence-electron chi connectivity index (χ3n) is 5.24. The van der Waals surface area contributed by atoms with Crippen LogP contribution in [0.4, 0.5) is 0 Å². The first kappa shape index (κ1) is 18.1. The lowest BCUT2D eigenvalue weighted by Gasteiger charge is -2.31. The third-order valence-corrected chi connectivity index (χ3v) is 6.13. The van der Waals surface area contributed by atoms with E-state index in [-0.39, 0.29) is 18.0 Å². The number of thiophene rings is 1. The van der Waals surface area contributed by atoms with Crippen LogP contribution in [0.15, 0.2) is 29.8 Å². The maximum Gasteiger partial charge on any atom is 0.254 e. The number of fused-ring (bicyclic) bond motifs is 1. The minimum atomic E-state index is 0.0513. The molecule has 1 amide bonds. The van der Waals surface area contributed by atoms with Crippen molar-refractivity contribution in [2.24, 2.45) is 0 Å². The van der Waals surface area contributed by atoms with Gasteiger partial charge in [-0.1, -0.05) is 6.07 Å². The number of hydrogen-bond acceptors (Lipinski definition) is 5. The van der Waals surface area contributed by atoms with E-state index in [0.29, 0.717) is 5.56 Å². The van der Waals surface area contributed by atoms with E-state index < -0.39 is 0 Å². The van der Waals surface area contributed by atoms with Crippen molar-refractivity contribution in [2.75, 3.05) is 20.1 Å². The van der Waals surface area contributed by atoms with E-state index in [4.69, 9.17) is 4.98 Å². The summed E-state index contributed by atoms with van der Waals surface area (Å²) in [6, 6.07) is 6.43. The van der Waals surface area contributed by atoms with Crippen molar-refractivity contribution < 1.29 is 4.79 Å². The van der Waals surface area contributed by atoms with Crippen molar-refractivity contribution in [3.05, 3.63) is 35.3 Å². The molecule has 0 saturated carbocycles. The van der Waals surface area contributed by atoms with Gasteiger partial charge in [-0.15, -0.1) is 11.3 Å². The van der Waals surface area contributed by atoms with Gasteiger partial charge in [0.2, 0.25) is 0 Å². The summed E-state index contributed by atoms with van der Waals surface area (Å²) >= 11 is 1.63. The largest absolute Gasteiger partial charge is 0.339 e. The van der Waals surface area contributed by atoms with Crippen LogP contribution in [0.5, 0.6) is 0 Å². The lowest BCUT2D eigenvalue weighted by molar-refractivity contribution is 0.0705. The van der Waals surface area contributed by atoms with Crippen molar-refractivity contribution in [2.45, 2.75) is 38.8 Å². The standard InChI is InChI=1S/C20H25N5OS/c1-13(2)25-19-16(12-22-25)15(11-17(23-19)18-5-4-10-27-18)20(26)24(3)14-6-8-21-9-7-14/h4-5,10-14,21H,6-9H2,1-3H3. The van der Waals surface area contributed by atoms with Crippen LogP contribution in [0.25, 0.3) is 21.6 Å². The molecule has 3 aromatic rings. The summed E-state index contributed by atoms with van der Waals surface area (Å²) in [6.45, 7) is 6.07. The van der Waals surface area contributed by atoms with Crippen molar-refractivity contribution in [3.63, 3.8) is 0 Å². The number of piperidine rings is 1. The minimum absolute atomic E-state index is 0.0513. The van der Waals surface area contributed by atoms with E-state index >= 15 is 0 Å². The molecule has 1 N–H and O–H groups in total. The molecule has 0 aromatic carbocycles. The molecule has 4 rings (SSSR count). The zero-order valence-corrected chi connectivity index (χ0v) is 16.8. The van der Waals surface area contributed by atoms with E-state index in [0.717, 1.165) is 47.5 Å². The fraction of sp³-hybridized carbons (Fsp3) is 0.450. The van der Waals surface area contributed by atoms with Crippen LogP contribution in [-0.2, 0) is 0 Å². The predicted octanol–water partition coefficient (Wildman–Crippen LogP) is 3.56. The van der Waals surface area contributed by atoms with E-state index in [1.807, 2.05) is 40.2 Å². The average Bonchev–Trinajstić information content (AvgIpc) is 3.36. The Bertz CT molecular complexity index is 941. The van der Waals surface area contributed by atoms with Crippen molar-refractivity contribution >= 4 is 28.3 Å². The molecule has 1 aliphatic rings. The molecular formula is C20H25N5OS. The fourth-order valence-corrected chi connectivity index (χ4v) is 4.36. The van der Waals surface area contributed by atoms with Gasteiger partial charge < -0.3 is 10.2 Å². The summed E-state index contributed by atoms with van der Waals surface area (Å²) < 4.78 is 1.90. The van der Waals surface area contributed by atoms with Crippen LogP contribution in [0, 0.1) is 0 Å². The first-order chi connectivity index (χ1) is 13.1. The second-order valence-electron chi connectivity index (χ2n) is 7.35. The number of hydrogen-bond donors (Lipinski definition) is 1. The van der Waals surface area contributed by atoms with Crippen LogP contribution in [0.2, 0.25) is 0 Å². The Kier molecular flexibility index (Phi) is 4.97. The number of carbonyl (C=O) groups excluding carboxylic acids is 1. The molecule has 0 aliphatic carbocycles. The lowest BCUT2D eigenvalue weighted by Crippen LogP contribution is -2.44. The van der Waals surface area contributed by atoms with E-state index in [1.165, 1.54) is 0 Å². The first-order valence-corrected chi connectivity index (χ1v) is 10.3. The fourth-order valence-electron chi connectivity index (χ4n) is 3.67. The van der Waals surface area contributed by atoms with Crippen LogP contribution >= 0.6 is 11.3 Å². The topological polar surface area (TPSA) is 63.1 Å². The van der Waals surface area contributed by atoms with E-state index in [2.05, 4.69) is 24.3 Å². The smallest absolute Gasteiger partial charge is 0.254 e. The first-order valence-electron chi connectivity index (χ1n) is 9.46. The van der Waals surface area contributed by atoms with Gasteiger partial charge in [-0.3, -0.25) is 4.79 Å². The Morgan fingerprint density at radius 2 is 2.15 bits per heavy atom. The zero-order chi connectivity index (χ0) is 19.0. The van der Waals surface area contributed by atoms with Gasteiger partial charge in [-0.2, -0.15) is 5.10 Å². The Hall–Kier alpha value is -2.25. The predicted molar refractivity (Wildman–Crippen MR) is 109 cm³/mol. The summed E-state index contributed by atoms with van der Waals surface area (Å²) in [4.78, 5) is 21.2. The van der Waals surface area contributed by atoms with Crippen molar-refractivity contribution in [3.8, 4) is 10.6 Å². The molecule has 0 atom stereocenters. The monoisotopic (exact) mass is 383 g/mol. The Labute approximate surface area is 163 Å². The third kappa shape index (κ3) is 3.37. The van der Waals surface area contributed by atoms with Gasteiger partial charge in [0.15, 0.2) is 5.65 Å². The number of aromatic nitrogens is 3. The summed E-state index contributed by atoms with van der Waals surface area (Å²) in [6.07, 6.45) is 3.75. The Morgan fingerprint density at radius 1 is 1.37 bits per heavy atom. The van der Waals surface area contributed by atoms with E-state index in [1.54, 1.807) is 17.5 Å². The number of carbonyl (C=O) groups is 1. The zero-order valence-electron chi connectivity index (χ0n) is 16.0. The van der Waals surface area contributed by atoms with Crippen LogP contribution in [-0.4, -0.2) is 51.8 Å². The molecule has 3 aromatic heterocycles. The Balaban J connectivity index is 1.81. The second kappa shape index (κ2) is 7.40. The highest BCUT2D eigenvalue weighted by Crippen LogP contribution is 2.30. The van der Waals surface area contributed by atoms with Gasteiger partial charge in [-0.05, 0) is 57.3 Å². The van der Waals surface area contributed by atoms with Gasteiger partial charge >= 0.3 is 0 Å². The highest BCUT2D eigenvalue weighted by Gasteiger charge is 2.26. The normalized spacial score (nSPS) is 15.6. The van der Waals surface area contributed by atoms with Gasteiger partial charge in [0, 0.05) is 19.1 Å². The summed E-state index contributed by atoms with van der Waals surface area (Å²) in [5.41, 5.74) is 2.30. The second-order valence-corrected chi connectivity index (χ2v) is 8.30. The highest BCUT2D eigenvalue weighted by molar-refractivity contribution is 7.13. The number of nitrogens with one attached hydrogen (secondary N) is 1. The molecule has 1 fully saturated rings. The number of nitrogens with zero attached hydrogens (tertiary/aromatic N) is 4. The van der Waals surface area contributed by atoms with Gasteiger partial charge in [-0.25, -0.2) is 9.67 Å². The van der Waals surface area contributed by atoms with Crippen LogP contribution in [0.3, 0.4) is 0 Å². The molecule has 6 nitrogen and oxygen atoms in total. The van der Waals surface area contributed by atoms with Crippen LogP contribution in [0.1, 0.15) is 43.1 Å². The van der Waals surface area contributed by atoms with Crippen molar-refractivity contribution in [1.82, 2.24) is 25.0 Å². The quantitative estimate of drug-likeness (QED) is 0.748. The van der Waals surface area contributed by atoms with Crippen LogP contribution < -0.4 is 5.32 Å². The molecular weight excluding hydrogens is 358 g/mol. The average molecular weight is 384 g/mol. The number of pyridine rings is 1. The minimum Gasteiger partial charge on any atom is -0.339 e. The summed E-state index contributed by atoms with van der Waals surface area (Å²) in [5, 5.41) is 10.7. The van der Waals surface area contributed by atoms with Gasteiger partial charge in [0.25, 0.3) is 5.91 Å². The molecule has 1 saturated heterocycles. The molecule has 27 heavy (non-hydrogen) atoms. The maximum absolute atomic E-state index is 13.4. The number of amides is 1. The molecule has 7 heteroatoms. The highest BCUT2D eigenvalue weighted by atomic mass is 32.1. The molecule has 142 valence electrons. The SMILES string of the molecule is CC(C)n1ncc2c(C(=O)N(C)C3CCNCC3)cc(-c3cccs3)nc21. The number of rotatable bonds is 4.